The van der Waals surface area contributed by atoms with Crippen LogP contribution in [0.4, 0.5) is 5.69 Å². The molecule has 4 aromatic carbocycles. The fourth-order valence-electron chi connectivity index (χ4n) is 4.08. The number of benzene rings is 4. The number of carbonyl (C=O) groups is 3. The van der Waals surface area contributed by atoms with E-state index in [1.165, 1.54) is 36.4 Å². The summed E-state index contributed by atoms with van der Waals surface area (Å²) in [5.74, 6) is -2.66. The van der Waals surface area contributed by atoms with E-state index in [2.05, 4.69) is 15.4 Å². The Balaban J connectivity index is 1.40. The van der Waals surface area contributed by atoms with Crippen molar-refractivity contribution in [1.82, 2.24) is 10.0 Å². The topological polar surface area (TPSA) is 162 Å². The van der Waals surface area contributed by atoms with Crippen LogP contribution in [-0.4, -0.2) is 42.5 Å². The minimum absolute atomic E-state index is 0.0133. The van der Waals surface area contributed by atoms with E-state index in [0.29, 0.717) is 16.8 Å². The minimum Gasteiger partial charge on any atom is -0.508 e. The van der Waals surface area contributed by atoms with Crippen molar-refractivity contribution in [2.24, 2.45) is 0 Å². The molecule has 0 spiro atoms. The van der Waals surface area contributed by atoms with Gasteiger partial charge in [-0.15, -0.1) is 0 Å². The molecule has 4 rings (SSSR count). The Kier molecular flexibility index (Phi) is 10.5. The maximum atomic E-state index is 12.9. The lowest BCUT2D eigenvalue weighted by Gasteiger charge is -2.16. The highest BCUT2D eigenvalue weighted by Gasteiger charge is 2.24. The number of hydrogen-bond donors (Lipinski definition) is 5. The predicted octanol–water partition coefficient (Wildman–Crippen LogP) is 5.51. The number of hydrogen-bond acceptors (Lipinski definition) is 6. The second kappa shape index (κ2) is 14.1. The van der Waals surface area contributed by atoms with E-state index < -0.39 is 33.8 Å². The molecular weight excluding hydrogens is 653 g/mol. The van der Waals surface area contributed by atoms with Gasteiger partial charge in [0.2, 0.25) is 10.0 Å². The Morgan fingerprint density at radius 3 is 2.05 bits per heavy atom. The average molecular weight is 677 g/mol. The largest absolute Gasteiger partial charge is 0.508 e. The van der Waals surface area contributed by atoms with Gasteiger partial charge in [0, 0.05) is 18.7 Å². The van der Waals surface area contributed by atoms with Gasteiger partial charge in [-0.3, -0.25) is 9.59 Å². The number of carboxylic acids is 1. The second-order valence-electron chi connectivity index (χ2n) is 9.45. The average Bonchev–Trinajstić information content (AvgIpc) is 2.96. The Morgan fingerprint density at radius 2 is 1.43 bits per heavy atom. The summed E-state index contributed by atoms with van der Waals surface area (Å²) in [5, 5.41) is 24.5. The molecule has 2 amide bonds. The van der Waals surface area contributed by atoms with Crippen LogP contribution in [0.2, 0.25) is 15.1 Å². The lowest BCUT2D eigenvalue weighted by molar-refractivity contribution is -0.139. The minimum atomic E-state index is -4.03. The Bertz CT molecular complexity index is 1810. The zero-order chi connectivity index (χ0) is 32.0. The molecule has 44 heavy (non-hydrogen) atoms. The first-order valence-corrected chi connectivity index (χ1v) is 15.4. The monoisotopic (exact) mass is 675 g/mol. The van der Waals surface area contributed by atoms with Gasteiger partial charge in [-0.25, -0.2) is 17.9 Å². The third-order valence-electron chi connectivity index (χ3n) is 6.32. The molecule has 0 heterocycles. The molecule has 0 radical (unpaired) electrons. The maximum absolute atomic E-state index is 12.9. The second-order valence-corrected chi connectivity index (χ2v) is 12.4. The number of nitrogens with one attached hydrogen (secondary N) is 3. The van der Waals surface area contributed by atoms with Crippen LogP contribution < -0.4 is 15.4 Å². The number of carboxylic acid groups (broad SMARTS) is 1. The molecule has 10 nitrogen and oxygen atoms in total. The highest BCUT2D eigenvalue weighted by Crippen LogP contribution is 2.26. The standard InChI is InChI=1S/C30H24Cl3N3O7S/c31-23-5-2-6-24(32)27(23)29(39)35-19-9-7-17(8-10-19)14-26(30(40)41)36-28(38)22-12-11-21(15-25(22)33)44(42,43)34-16-18-3-1-4-20(37)13-18/h1-13,15,26,34,37H,14,16H2,(H,35,39)(H,36,38)(H,40,41)/t26-/m0/s1. The van der Waals surface area contributed by atoms with Crippen LogP contribution in [0.15, 0.2) is 89.8 Å². The third kappa shape index (κ3) is 8.28. The summed E-state index contributed by atoms with van der Waals surface area (Å²) < 4.78 is 27.9. The molecule has 0 saturated heterocycles. The van der Waals surface area contributed by atoms with Crippen LogP contribution in [0.1, 0.15) is 31.8 Å². The van der Waals surface area contributed by atoms with E-state index in [9.17, 15) is 33.0 Å². The number of rotatable bonds is 11. The lowest BCUT2D eigenvalue weighted by Crippen LogP contribution is -2.42. The molecule has 0 aliphatic heterocycles. The van der Waals surface area contributed by atoms with E-state index >= 15 is 0 Å². The van der Waals surface area contributed by atoms with Crippen molar-refractivity contribution < 1.29 is 33.0 Å². The Labute approximate surface area is 267 Å². The van der Waals surface area contributed by atoms with Gasteiger partial charge in [0.1, 0.15) is 11.8 Å². The number of amides is 2. The van der Waals surface area contributed by atoms with Gasteiger partial charge < -0.3 is 20.8 Å². The fraction of sp³-hybridized carbons (Fsp3) is 0.100. The first-order chi connectivity index (χ1) is 20.8. The summed E-state index contributed by atoms with van der Waals surface area (Å²) in [6, 6.07) is 19.1. The number of carbonyl (C=O) groups excluding carboxylic acids is 2. The number of anilines is 1. The van der Waals surface area contributed by atoms with Crippen LogP contribution in [0.5, 0.6) is 5.75 Å². The molecule has 0 aliphatic rings. The molecule has 0 fully saturated rings. The smallest absolute Gasteiger partial charge is 0.326 e. The van der Waals surface area contributed by atoms with E-state index in [1.54, 1.807) is 42.5 Å². The predicted molar refractivity (Wildman–Crippen MR) is 167 cm³/mol. The van der Waals surface area contributed by atoms with Gasteiger partial charge in [0.05, 0.1) is 31.1 Å². The molecule has 228 valence electrons. The maximum Gasteiger partial charge on any atom is 0.326 e. The van der Waals surface area contributed by atoms with Gasteiger partial charge >= 0.3 is 5.97 Å². The number of phenols is 1. The van der Waals surface area contributed by atoms with Gasteiger partial charge in [-0.2, -0.15) is 0 Å². The van der Waals surface area contributed by atoms with E-state index in [-0.39, 0.29) is 49.8 Å². The van der Waals surface area contributed by atoms with Crippen LogP contribution in [-0.2, 0) is 27.8 Å². The number of aromatic hydroxyl groups is 1. The van der Waals surface area contributed by atoms with Crippen molar-refractivity contribution in [2.45, 2.75) is 23.9 Å². The zero-order valence-electron chi connectivity index (χ0n) is 22.6. The summed E-state index contributed by atoms with van der Waals surface area (Å²) in [6.07, 6.45) is -0.102. The van der Waals surface area contributed by atoms with E-state index in [0.717, 1.165) is 6.07 Å². The molecular formula is C30H24Cl3N3O7S. The van der Waals surface area contributed by atoms with Crippen LogP contribution in [0, 0.1) is 0 Å². The molecule has 0 saturated carbocycles. The molecule has 0 aromatic heterocycles. The molecule has 5 N–H and O–H groups in total. The zero-order valence-corrected chi connectivity index (χ0v) is 25.6. The molecule has 14 heteroatoms. The van der Waals surface area contributed by atoms with E-state index in [4.69, 9.17) is 34.8 Å². The Hall–Kier alpha value is -4.13. The summed E-state index contributed by atoms with van der Waals surface area (Å²) in [4.78, 5) is 37.3. The van der Waals surface area contributed by atoms with Gasteiger partial charge in [-0.1, -0.05) is 65.1 Å². The summed E-state index contributed by atoms with van der Waals surface area (Å²) in [7, 11) is -4.03. The van der Waals surface area contributed by atoms with Gasteiger partial charge in [-0.05, 0) is 65.7 Å². The summed E-state index contributed by atoms with van der Waals surface area (Å²) >= 11 is 18.4. The molecule has 4 aromatic rings. The van der Waals surface area contributed by atoms with Crippen molar-refractivity contribution in [3.05, 3.63) is 122 Å². The number of aliphatic carboxylic acids is 1. The number of phenolic OH excluding ortho intramolecular Hbond substituents is 1. The lowest BCUT2D eigenvalue weighted by atomic mass is 10.0. The van der Waals surface area contributed by atoms with Gasteiger partial charge in [0.25, 0.3) is 11.8 Å². The van der Waals surface area contributed by atoms with E-state index in [1.807, 2.05) is 0 Å². The molecule has 0 aliphatic carbocycles. The molecule has 0 bridgehead atoms. The SMILES string of the molecule is O=C(N[C@@H](Cc1ccc(NC(=O)c2c(Cl)cccc2Cl)cc1)C(=O)O)c1ccc(S(=O)(=O)NCc2cccc(O)c2)cc1Cl. The van der Waals surface area contributed by atoms with Crippen molar-refractivity contribution >= 4 is 68.3 Å². The molecule has 1 atom stereocenters. The van der Waals surface area contributed by atoms with Crippen molar-refractivity contribution in [3.63, 3.8) is 0 Å². The van der Waals surface area contributed by atoms with Crippen LogP contribution in [0.3, 0.4) is 0 Å². The van der Waals surface area contributed by atoms with Crippen LogP contribution in [0.25, 0.3) is 0 Å². The highest BCUT2D eigenvalue weighted by molar-refractivity contribution is 7.89. The van der Waals surface area contributed by atoms with Crippen molar-refractivity contribution in [1.29, 1.82) is 0 Å². The van der Waals surface area contributed by atoms with Crippen LogP contribution >= 0.6 is 34.8 Å². The van der Waals surface area contributed by atoms with Crippen molar-refractivity contribution in [3.8, 4) is 5.75 Å². The van der Waals surface area contributed by atoms with Crippen molar-refractivity contribution in [2.75, 3.05) is 5.32 Å². The number of halogens is 3. The van der Waals surface area contributed by atoms with Gasteiger partial charge in [0.15, 0.2) is 0 Å². The fourth-order valence-corrected chi connectivity index (χ4v) is 6.02. The third-order valence-corrected chi connectivity index (χ3v) is 8.66. The number of sulfonamides is 1. The molecule has 0 unspecified atom stereocenters. The summed E-state index contributed by atoms with van der Waals surface area (Å²) in [6.45, 7) is -0.0973. The summed E-state index contributed by atoms with van der Waals surface area (Å²) in [5.41, 5.74) is 1.46. The Morgan fingerprint density at radius 1 is 0.773 bits per heavy atom. The first-order valence-electron chi connectivity index (χ1n) is 12.8. The normalized spacial score (nSPS) is 11.9. The first kappa shape index (κ1) is 32.8. The quantitative estimate of drug-likeness (QED) is 0.140. The highest BCUT2D eigenvalue weighted by atomic mass is 35.5.